The summed E-state index contributed by atoms with van der Waals surface area (Å²) in [5.41, 5.74) is 5.14. The molecule has 1 aliphatic carbocycles. The highest BCUT2D eigenvalue weighted by Crippen LogP contribution is 2.34. The third-order valence-electron chi connectivity index (χ3n) is 3.75. The first-order valence-corrected chi connectivity index (χ1v) is 6.23. The van der Waals surface area contributed by atoms with Crippen LogP contribution in [0, 0.1) is 5.41 Å². The molecule has 0 unspecified atom stereocenters. The van der Waals surface area contributed by atoms with Crippen molar-refractivity contribution in [2.24, 2.45) is 11.1 Å². The van der Waals surface area contributed by atoms with Gasteiger partial charge in [0.1, 0.15) is 6.54 Å². The SMILES string of the molecule is CCC(CC)(CN)C(=O)N(CC(=O)O)C1CC1. The molecule has 1 saturated carbocycles. The Bertz CT molecular complexity index is 288. The van der Waals surface area contributed by atoms with E-state index >= 15 is 0 Å². The summed E-state index contributed by atoms with van der Waals surface area (Å²) in [4.78, 5) is 24.8. The average molecular weight is 242 g/mol. The van der Waals surface area contributed by atoms with Crippen LogP contribution in [0.3, 0.4) is 0 Å². The first kappa shape index (κ1) is 14.0. The topological polar surface area (TPSA) is 83.6 Å². The van der Waals surface area contributed by atoms with Crippen LogP contribution in [0.1, 0.15) is 39.5 Å². The molecular weight excluding hydrogens is 220 g/mol. The van der Waals surface area contributed by atoms with E-state index in [-0.39, 0.29) is 25.0 Å². The molecule has 1 rings (SSSR count). The van der Waals surface area contributed by atoms with Gasteiger partial charge in [0.25, 0.3) is 0 Å². The summed E-state index contributed by atoms with van der Waals surface area (Å²) >= 11 is 0. The summed E-state index contributed by atoms with van der Waals surface area (Å²) < 4.78 is 0. The van der Waals surface area contributed by atoms with Gasteiger partial charge in [-0.15, -0.1) is 0 Å². The number of nitrogens with zero attached hydrogens (tertiary/aromatic N) is 1. The highest BCUT2D eigenvalue weighted by Gasteiger charge is 2.42. The predicted octanol–water partition coefficient (Wildman–Crippen LogP) is 0.827. The quantitative estimate of drug-likeness (QED) is 0.692. The lowest BCUT2D eigenvalue weighted by atomic mass is 9.81. The van der Waals surface area contributed by atoms with Crippen LogP contribution in [0.15, 0.2) is 0 Å². The Morgan fingerprint density at radius 3 is 2.18 bits per heavy atom. The summed E-state index contributed by atoms with van der Waals surface area (Å²) in [5, 5.41) is 8.87. The van der Waals surface area contributed by atoms with Crippen LogP contribution in [-0.2, 0) is 9.59 Å². The fourth-order valence-corrected chi connectivity index (χ4v) is 2.13. The van der Waals surface area contributed by atoms with Gasteiger partial charge < -0.3 is 15.7 Å². The Kier molecular flexibility index (Phi) is 4.51. The third-order valence-corrected chi connectivity index (χ3v) is 3.75. The molecule has 0 aromatic carbocycles. The second-order valence-electron chi connectivity index (χ2n) is 4.75. The molecule has 3 N–H and O–H groups in total. The Hall–Kier alpha value is -1.10. The molecule has 1 fully saturated rings. The highest BCUT2D eigenvalue weighted by molar-refractivity contribution is 5.86. The first-order valence-electron chi connectivity index (χ1n) is 6.23. The molecule has 0 heterocycles. The lowest BCUT2D eigenvalue weighted by molar-refractivity contribution is -0.150. The van der Waals surface area contributed by atoms with Gasteiger partial charge in [-0.3, -0.25) is 9.59 Å². The molecule has 5 heteroatoms. The van der Waals surface area contributed by atoms with E-state index in [1.165, 1.54) is 4.90 Å². The van der Waals surface area contributed by atoms with Gasteiger partial charge >= 0.3 is 5.97 Å². The van der Waals surface area contributed by atoms with Crippen LogP contribution in [0.5, 0.6) is 0 Å². The molecule has 5 nitrogen and oxygen atoms in total. The third kappa shape index (κ3) is 2.97. The van der Waals surface area contributed by atoms with E-state index in [1.807, 2.05) is 13.8 Å². The predicted molar refractivity (Wildman–Crippen MR) is 64.4 cm³/mol. The van der Waals surface area contributed by atoms with Crippen molar-refractivity contribution in [3.05, 3.63) is 0 Å². The maximum atomic E-state index is 12.5. The van der Waals surface area contributed by atoms with E-state index in [0.717, 1.165) is 12.8 Å². The number of hydrogen-bond donors (Lipinski definition) is 2. The lowest BCUT2D eigenvalue weighted by Gasteiger charge is -2.34. The Balaban J connectivity index is 2.85. The number of rotatable bonds is 7. The minimum Gasteiger partial charge on any atom is -0.480 e. The van der Waals surface area contributed by atoms with Gasteiger partial charge in [-0.05, 0) is 25.7 Å². The number of amides is 1. The molecule has 0 aromatic rings. The van der Waals surface area contributed by atoms with Crippen molar-refractivity contribution in [3.8, 4) is 0 Å². The maximum absolute atomic E-state index is 12.5. The fraction of sp³-hybridized carbons (Fsp3) is 0.833. The zero-order valence-corrected chi connectivity index (χ0v) is 10.6. The van der Waals surface area contributed by atoms with E-state index in [1.54, 1.807) is 0 Å². The van der Waals surface area contributed by atoms with Crippen LogP contribution in [0.2, 0.25) is 0 Å². The van der Waals surface area contributed by atoms with Crippen LogP contribution >= 0.6 is 0 Å². The van der Waals surface area contributed by atoms with Crippen molar-refractivity contribution in [2.75, 3.05) is 13.1 Å². The number of carboxylic acid groups (broad SMARTS) is 1. The van der Waals surface area contributed by atoms with Gasteiger partial charge in [-0.1, -0.05) is 13.8 Å². The maximum Gasteiger partial charge on any atom is 0.323 e. The van der Waals surface area contributed by atoms with E-state index in [0.29, 0.717) is 12.8 Å². The molecule has 17 heavy (non-hydrogen) atoms. The van der Waals surface area contributed by atoms with Gasteiger partial charge in [0.2, 0.25) is 5.91 Å². The van der Waals surface area contributed by atoms with E-state index in [2.05, 4.69) is 0 Å². The summed E-state index contributed by atoms with van der Waals surface area (Å²) in [5.74, 6) is -1.04. The van der Waals surface area contributed by atoms with Gasteiger partial charge in [0.15, 0.2) is 0 Å². The van der Waals surface area contributed by atoms with Crippen LogP contribution in [0.4, 0.5) is 0 Å². The number of carbonyl (C=O) groups is 2. The number of carboxylic acids is 1. The molecule has 0 bridgehead atoms. The number of aliphatic carboxylic acids is 1. The Morgan fingerprint density at radius 2 is 1.88 bits per heavy atom. The molecule has 0 aromatic heterocycles. The number of carbonyl (C=O) groups excluding carboxylic acids is 1. The normalized spacial score (nSPS) is 15.7. The molecule has 1 aliphatic rings. The smallest absolute Gasteiger partial charge is 0.323 e. The van der Waals surface area contributed by atoms with Gasteiger partial charge in [0, 0.05) is 12.6 Å². The molecule has 0 spiro atoms. The summed E-state index contributed by atoms with van der Waals surface area (Å²) in [6.45, 7) is 3.94. The van der Waals surface area contributed by atoms with Crippen molar-refractivity contribution in [3.63, 3.8) is 0 Å². The largest absolute Gasteiger partial charge is 0.480 e. The standard InChI is InChI=1S/C12H22N2O3/c1-3-12(4-2,8-13)11(17)14(7-10(15)16)9-5-6-9/h9H,3-8,13H2,1-2H3,(H,15,16). The van der Waals surface area contributed by atoms with Crippen molar-refractivity contribution < 1.29 is 14.7 Å². The van der Waals surface area contributed by atoms with Crippen molar-refractivity contribution in [1.82, 2.24) is 4.90 Å². The van der Waals surface area contributed by atoms with Gasteiger partial charge in [-0.2, -0.15) is 0 Å². The van der Waals surface area contributed by atoms with Crippen LogP contribution < -0.4 is 5.73 Å². The van der Waals surface area contributed by atoms with E-state index < -0.39 is 11.4 Å². The molecule has 0 saturated heterocycles. The van der Waals surface area contributed by atoms with Crippen molar-refractivity contribution in [1.29, 1.82) is 0 Å². The molecular formula is C12H22N2O3. The lowest BCUT2D eigenvalue weighted by Crippen LogP contribution is -2.50. The summed E-state index contributed by atoms with van der Waals surface area (Å²) in [6.07, 6.45) is 3.13. The average Bonchev–Trinajstić information content (AvgIpc) is 3.12. The zero-order chi connectivity index (χ0) is 13.1. The van der Waals surface area contributed by atoms with E-state index in [9.17, 15) is 9.59 Å². The second-order valence-corrected chi connectivity index (χ2v) is 4.75. The number of hydrogen-bond acceptors (Lipinski definition) is 3. The minimum atomic E-state index is -0.955. The van der Waals surface area contributed by atoms with Crippen LogP contribution in [0.25, 0.3) is 0 Å². The Labute approximate surface area is 102 Å². The second kappa shape index (κ2) is 5.49. The number of nitrogens with two attached hydrogens (primary N) is 1. The molecule has 0 radical (unpaired) electrons. The van der Waals surface area contributed by atoms with Gasteiger partial charge in [-0.25, -0.2) is 0 Å². The zero-order valence-electron chi connectivity index (χ0n) is 10.6. The van der Waals surface area contributed by atoms with Gasteiger partial charge in [0.05, 0.1) is 5.41 Å². The fourth-order valence-electron chi connectivity index (χ4n) is 2.13. The molecule has 0 aliphatic heterocycles. The van der Waals surface area contributed by atoms with E-state index in [4.69, 9.17) is 10.8 Å². The first-order chi connectivity index (χ1) is 8.00. The molecule has 1 amide bonds. The monoisotopic (exact) mass is 242 g/mol. The minimum absolute atomic E-state index is 0.0881. The van der Waals surface area contributed by atoms with Crippen LogP contribution in [-0.4, -0.2) is 41.0 Å². The van der Waals surface area contributed by atoms with Crippen molar-refractivity contribution in [2.45, 2.75) is 45.6 Å². The molecule has 98 valence electrons. The summed E-state index contributed by atoms with van der Waals surface area (Å²) in [6, 6.07) is 0.114. The Morgan fingerprint density at radius 1 is 1.35 bits per heavy atom. The van der Waals surface area contributed by atoms with Crippen molar-refractivity contribution >= 4 is 11.9 Å². The highest BCUT2D eigenvalue weighted by atomic mass is 16.4. The molecule has 0 atom stereocenters. The summed E-state index contributed by atoms with van der Waals surface area (Å²) in [7, 11) is 0.